The molecule has 2 unspecified atom stereocenters. The highest BCUT2D eigenvalue weighted by molar-refractivity contribution is 5.36. The second kappa shape index (κ2) is 8.43. The summed E-state index contributed by atoms with van der Waals surface area (Å²) in [7, 11) is 0. The fraction of sp³-hybridized carbons (Fsp3) is 0.667. The van der Waals surface area contributed by atoms with Crippen LogP contribution in [-0.2, 0) is 4.74 Å². The van der Waals surface area contributed by atoms with Crippen LogP contribution in [-0.4, -0.2) is 19.3 Å². The average molecular weight is 277 g/mol. The SMILES string of the molecule is CCCNC(c1cccc(C)c1C)C(OCC)C(C)C. The number of nitrogens with one attached hydrogen (secondary N) is 1. The Labute approximate surface area is 124 Å². The molecule has 2 heteroatoms. The standard InChI is InChI=1S/C18H31NO/c1-7-12-19-17(18(13(3)4)20-8-2)16-11-9-10-14(5)15(16)6/h9-11,13,17-19H,7-8,12H2,1-6H3. The molecule has 0 aliphatic carbocycles. The zero-order valence-corrected chi connectivity index (χ0v) is 14.0. The quantitative estimate of drug-likeness (QED) is 0.760. The molecule has 0 saturated carbocycles. The Balaban J connectivity index is 3.12. The van der Waals surface area contributed by atoms with Gasteiger partial charge in [0.2, 0.25) is 0 Å². The van der Waals surface area contributed by atoms with Gasteiger partial charge in [-0.25, -0.2) is 0 Å². The minimum Gasteiger partial charge on any atom is -0.376 e. The van der Waals surface area contributed by atoms with Gasteiger partial charge < -0.3 is 10.1 Å². The van der Waals surface area contributed by atoms with Crippen molar-refractivity contribution < 1.29 is 4.74 Å². The summed E-state index contributed by atoms with van der Waals surface area (Å²) < 4.78 is 6.05. The van der Waals surface area contributed by atoms with Gasteiger partial charge in [0.05, 0.1) is 12.1 Å². The number of hydrogen-bond donors (Lipinski definition) is 1. The van der Waals surface area contributed by atoms with Gasteiger partial charge in [-0.2, -0.15) is 0 Å². The van der Waals surface area contributed by atoms with Crippen LogP contribution in [0.1, 0.15) is 56.8 Å². The van der Waals surface area contributed by atoms with Gasteiger partial charge in [0.15, 0.2) is 0 Å². The fourth-order valence-electron chi connectivity index (χ4n) is 2.68. The molecule has 0 heterocycles. The van der Waals surface area contributed by atoms with Crippen molar-refractivity contribution >= 4 is 0 Å². The van der Waals surface area contributed by atoms with Crippen LogP contribution in [0.2, 0.25) is 0 Å². The highest BCUT2D eigenvalue weighted by atomic mass is 16.5. The Hall–Kier alpha value is -0.860. The zero-order chi connectivity index (χ0) is 15.1. The molecule has 0 amide bonds. The number of benzene rings is 1. The van der Waals surface area contributed by atoms with E-state index in [4.69, 9.17) is 4.74 Å². The lowest BCUT2D eigenvalue weighted by molar-refractivity contribution is 0.00268. The maximum atomic E-state index is 6.05. The number of aryl methyl sites for hydroxylation is 1. The minimum atomic E-state index is 0.215. The van der Waals surface area contributed by atoms with Crippen LogP contribution in [0, 0.1) is 19.8 Å². The second-order valence-electron chi connectivity index (χ2n) is 5.88. The molecule has 1 aromatic carbocycles. The molecule has 0 spiro atoms. The number of rotatable bonds is 8. The van der Waals surface area contributed by atoms with E-state index in [0.29, 0.717) is 5.92 Å². The molecule has 0 saturated heterocycles. The molecular formula is C18H31NO. The average Bonchev–Trinajstić information content (AvgIpc) is 2.41. The van der Waals surface area contributed by atoms with E-state index in [1.807, 2.05) is 0 Å². The van der Waals surface area contributed by atoms with Gasteiger partial charge in [0.25, 0.3) is 0 Å². The van der Waals surface area contributed by atoms with Crippen LogP contribution in [0.4, 0.5) is 0 Å². The van der Waals surface area contributed by atoms with Crippen molar-refractivity contribution in [2.24, 2.45) is 5.92 Å². The molecule has 114 valence electrons. The molecule has 0 bridgehead atoms. The van der Waals surface area contributed by atoms with E-state index in [0.717, 1.165) is 19.6 Å². The molecule has 1 rings (SSSR count). The third-order valence-corrected chi connectivity index (χ3v) is 3.94. The molecule has 20 heavy (non-hydrogen) atoms. The van der Waals surface area contributed by atoms with Crippen LogP contribution in [0.25, 0.3) is 0 Å². The molecular weight excluding hydrogens is 246 g/mol. The molecule has 0 aliphatic heterocycles. The highest BCUT2D eigenvalue weighted by Gasteiger charge is 2.27. The van der Waals surface area contributed by atoms with Crippen molar-refractivity contribution in [3.05, 3.63) is 34.9 Å². The van der Waals surface area contributed by atoms with Crippen LogP contribution in [0.5, 0.6) is 0 Å². The van der Waals surface area contributed by atoms with E-state index in [9.17, 15) is 0 Å². The van der Waals surface area contributed by atoms with E-state index < -0.39 is 0 Å². The predicted octanol–water partition coefficient (Wildman–Crippen LogP) is 4.41. The molecule has 1 aromatic rings. The summed E-state index contributed by atoms with van der Waals surface area (Å²) in [6.45, 7) is 15.0. The first-order chi connectivity index (χ1) is 9.52. The lowest BCUT2D eigenvalue weighted by Gasteiger charge is -2.32. The van der Waals surface area contributed by atoms with Crippen molar-refractivity contribution in [2.75, 3.05) is 13.2 Å². The van der Waals surface area contributed by atoms with Gasteiger partial charge in [-0.1, -0.05) is 39.0 Å². The Morgan fingerprint density at radius 1 is 1.15 bits per heavy atom. The Kier molecular flexibility index (Phi) is 7.25. The van der Waals surface area contributed by atoms with Gasteiger partial charge >= 0.3 is 0 Å². The van der Waals surface area contributed by atoms with Crippen molar-refractivity contribution in [2.45, 2.75) is 60.1 Å². The topological polar surface area (TPSA) is 21.3 Å². The van der Waals surface area contributed by atoms with Gasteiger partial charge in [-0.3, -0.25) is 0 Å². The van der Waals surface area contributed by atoms with Gasteiger partial charge in [-0.15, -0.1) is 0 Å². The lowest BCUT2D eigenvalue weighted by Crippen LogP contribution is -2.38. The first kappa shape index (κ1) is 17.2. The Morgan fingerprint density at radius 3 is 2.40 bits per heavy atom. The second-order valence-corrected chi connectivity index (χ2v) is 5.88. The minimum absolute atomic E-state index is 0.215. The smallest absolute Gasteiger partial charge is 0.0792 e. The molecule has 0 fully saturated rings. The molecule has 1 N–H and O–H groups in total. The third-order valence-electron chi connectivity index (χ3n) is 3.94. The first-order valence-corrected chi connectivity index (χ1v) is 7.93. The summed E-state index contributed by atoms with van der Waals surface area (Å²) >= 11 is 0. The normalized spacial score (nSPS) is 14.6. The van der Waals surface area contributed by atoms with E-state index in [1.54, 1.807) is 0 Å². The Morgan fingerprint density at radius 2 is 1.85 bits per heavy atom. The molecule has 0 aromatic heterocycles. The summed E-state index contributed by atoms with van der Waals surface area (Å²) in [4.78, 5) is 0. The summed E-state index contributed by atoms with van der Waals surface area (Å²) in [5.41, 5.74) is 4.11. The predicted molar refractivity (Wildman–Crippen MR) is 87.2 cm³/mol. The third kappa shape index (κ3) is 4.32. The van der Waals surface area contributed by atoms with Gasteiger partial charge in [0.1, 0.15) is 0 Å². The summed E-state index contributed by atoms with van der Waals surface area (Å²) in [5.74, 6) is 0.490. The van der Waals surface area contributed by atoms with Crippen LogP contribution < -0.4 is 5.32 Å². The largest absolute Gasteiger partial charge is 0.376 e. The summed E-state index contributed by atoms with van der Waals surface area (Å²) in [5, 5.41) is 3.70. The summed E-state index contributed by atoms with van der Waals surface area (Å²) in [6, 6.07) is 6.85. The number of ether oxygens (including phenoxy) is 1. The maximum absolute atomic E-state index is 6.05. The van der Waals surface area contributed by atoms with Gasteiger partial charge in [0, 0.05) is 6.61 Å². The van der Waals surface area contributed by atoms with Gasteiger partial charge in [-0.05, 0) is 56.3 Å². The van der Waals surface area contributed by atoms with Crippen molar-refractivity contribution in [1.82, 2.24) is 5.32 Å². The first-order valence-electron chi connectivity index (χ1n) is 7.93. The van der Waals surface area contributed by atoms with Crippen LogP contribution >= 0.6 is 0 Å². The fourth-order valence-corrected chi connectivity index (χ4v) is 2.68. The Bertz CT molecular complexity index is 400. The van der Waals surface area contributed by atoms with E-state index >= 15 is 0 Å². The zero-order valence-electron chi connectivity index (χ0n) is 14.0. The highest BCUT2D eigenvalue weighted by Crippen LogP contribution is 2.28. The van der Waals surface area contributed by atoms with E-state index in [1.165, 1.54) is 16.7 Å². The maximum Gasteiger partial charge on any atom is 0.0792 e. The van der Waals surface area contributed by atoms with Crippen molar-refractivity contribution in [3.8, 4) is 0 Å². The van der Waals surface area contributed by atoms with Crippen molar-refractivity contribution in [3.63, 3.8) is 0 Å². The molecule has 0 radical (unpaired) electrons. The summed E-state index contributed by atoms with van der Waals surface area (Å²) in [6.07, 6.45) is 1.35. The van der Waals surface area contributed by atoms with Crippen LogP contribution in [0.15, 0.2) is 18.2 Å². The monoisotopic (exact) mass is 277 g/mol. The van der Waals surface area contributed by atoms with E-state index in [-0.39, 0.29) is 12.1 Å². The van der Waals surface area contributed by atoms with Crippen LogP contribution in [0.3, 0.4) is 0 Å². The molecule has 0 aliphatic rings. The lowest BCUT2D eigenvalue weighted by atomic mass is 9.89. The van der Waals surface area contributed by atoms with E-state index in [2.05, 4.69) is 65.1 Å². The molecule has 2 nitrogen and oxygen atoms in total. The number of hydrogen-bond acceptors (Lipinski definition) is 2. The van der Waals surface area contributed by atoms with Crippen molar-refractivity contribution in [1.29, 1.82) is 0 Å². The molecule has 2 atom stereocenters.